The number of hydrogen-bond acceptors (Lipinski definition) is 6. The minimum atomic E-state index is -0.837. The molecule has 0 aliphatic heterocycles. The van der Waals surface area contributed by atoms with E-state index in [1.54, 1.807) is 6.07 Å². The zero-order valence-corrected chi connectivity index (χ0v) is 13.1. The van der Waals surface area contributed by atoms with E-state index >= 15 is 0 Å². The van der Waals surface area contributed by atoms with E-state index in [4.69, 9.17) is 27.9 Å². The summed E-state index contributed by atoms with van der Waals surface area (Å²) in [4.78, 5) is 33.9. The Morgan fingerprint density at radius 1 is 1.23 bits per heavy atom. The lowest BCUT2D eigenvalue weighted by Crippen LogP contribution is -2.13. The lowest BCUT2D eigenvalue weighted by molar-refractivity contribution is -0.384. The van der Waals surface area contributed by atoms with Gasteiger partial charge in [-0.05, 0) is 18.2 Å². The van der Waals surface area contributed by atoms with E-state index in [-0.39, 0.29) is 16.3 Å². The number of nitro groups is 1. The van der Waals surface area contributed by atoms with E-state index in [1.807, 2.05) is 0 Å². The molecular weight excluding hydrogens is 353 g/mol. The van der Waals surface area contributed by atoms with E-state index in [0.29, 0.717) is 9.21 Å². The second-order valence-corrected chi connectivity index (χ2v) is 6.15. The number of esters is 1. The molecule has 1 heterocycles. The molecule has 0 fully saturated rings. The van der Waals surface area contributed by atoms with Crippen LogP contribution in [0, 0.1) is 10.1 Å². The first-order valence-electron chi connectivity index (χ1n) is 5.78. The van der Waals surface area contributed by atoms with E-state index < -0.39 is 23.3 Å². The number of nitro benzene ring substituents is 1. The Labute approximate surface area is 138 Å². The second-order valence-electron chi connectivity index (χ2n) is 4.02. The molecule has 0 atom stereocenters. The van der Waals surface area contributed by atoms with E-state index in [1.165, 1.54) is 12.1 Å². The summed E-state index contributed by atoms with van der Waals surface area (Å²) in [6.07, 6.45) is 0. The van der Waals surface area contributed by atoms with Gasteiger partial charge in [-0.25, -0.2) is 4.79 Å². The number of rotatable bonds is 5. The van der Waals surface area contributed by atoms with Crippen molar-refractivity contribution in [2.45, 2.75) is 0 Å². The van der Waals surface area contributed by atoms with E-state index in [0.717, 1.165) is 23.5 Å². The molecule has 2 rings (SSSR count). The number of ketones is 1. The van der Waals surface area contributed by atoms with Crippen molar-refractivity contribution in [2.24, 2.45) is 0 Å². The SMILES string of the molecule is O=C(COC(=O)c1ccc([N+](=O)[O-])cc1Cl)c1ccc(Cl)s1. The van der Waals surface area contributed by atoms with Gasteiger partial charge in [0.15, 0.2) is 6.61 Å². The number of non-ortho nitro benzene ring substituents is 1. The molecule has 0 unspecified atom stereocenters. The number of halogens is 2. The van der Waals surface area contributed by atoms with Gasteiger partial charge >= 0.3 is 5.97 Å². The summed E-state index contributed by atoms with van der Waals surface area (Å²) < 4.78 is 5.31. The fourth-order valence-electron chi connectivity index (χ4n) is 1.53. The van der Waals surface area contributed by atoms with Crippen molar-refractivity contribution >= 4 is 52.0 Å². The summed E-state index contributed by atoms with van der Waals surface area (Å²) in [7, 11) is 0. The van der Waals surface area contributed by atoms with Gasteiger partial charge in [0.1, 0.15) is 0 Å². The highest BCUT2D eigenvalue weighted by atomic mass is 35.5. The van der Waals surface area contributed by atoms with Crippen molar-refractivity contribution in [3.05, 3.63) is 60.2 Å². The molecule has 1 aromatic carbocycles. The third-order valence-electron chi connectivity index (χ3n) is 2.57. The van der Waals surface area contributed by atoms with Gasteiger partial charge in [-0.15, -0.1) is 11.3 Å². The molecule has 2 aromatic rings. The molecule has 0 spiro atoms. The highest BCUT2D eigenvalue weighted by Crippen LogP contribution is 2.24. The molecule has 0 aliphatic carbocycles. The third-order valence-corrected chi connectivity index (χ3v) is 4.15. The quantitative estimate of drug-likeness (QED) is 0.348. The first kappa shape index (κ1) is 16.4. The number of carbonyl (C=O) groups is 2. The summed E-state index contributed by atoms with van der Waals surface area (Å²) in [6.45, 7) is -0.469. The van der Waals surface area contributed by atoms with Crippen LogP contribution in [0.3, 0.4) is 0 Å². The van der Waals surface area contributed by atoms with Crippen molar-refractivity contribution in [3.8, 4) is 0 Å². The predicted molar refractivity (Wildman–Crippen MR) is 82.0 cm³/mol. The molecule has 9 heteroatoms. The molecule has 6 nitrogen and oxygen atoms in total. The van der Waals surface area contributed by atoms with E-state index in [9.17, 15) is 19.7 Å². The highest BCUT2D eigenvalue weighted by Gasteiger charge is 2.18. The highest BCUT2D eigenvalue weighted by molar-refractivity contribution is 7.18. The topological polar surface area (TPSA) is 86.5 Å². The summed E-state index contributed by atoms with van der Waals surface area (Å²) >= 11 is 12.6. The molecule has 0 amide bonds. The van der Waals surface area contributed by atoms with Crippen molar-refractivity contribution in [3.63, 3.8) is 0 Å². The zero-order valence-electron chi connectivity index (χ0n) is 10.7. The number of hydrogen-bond donors (Lipinski definition) is 0. The predicted octanol–water partition coefficient (Wildman–Crippen LogP) is 4.00. The monoisotopic (exact) mass is 359 g/mol. The van der Waals surface area contributed by atoms with Crippen LogP contribution in [-0.4, -0.2) is 23.3 Å². The van der Waals surface area contributed by atoms with Crippen molar-refractivity contribution in [1.82, 2.24) is 0 Å². The number of ether oxygens (including phenoxy) is 1. The molecule has 114 valence electrons. The Hall–Kier alpha value is -1.96. The molecule has 1 aromatic heterocycles. The normalized spacial score (nSPS) is 10.3. The maximum atomic E-state index is 11.8. The fraction of sp³-hybridized carbons (Fsp3) is 0.0769. The van der Waals surface area contributed by atoms with Crippen LogP contribution in [0.5, 0.6) is 0 Å². The fourth-order valence-corrected chi connectivity index (χ4v) is 2.75. The summed E-state index contributed by atoms with van der Waals surface area (Å²) in [6, 6.07) is 6.44. The molecule has 0 saturated carbocycles. The lowest BCUT2D eigenvalue weighted by atomic mass is 10.2. The van der Waals surface area contributed by atoms with Crippen LogP contribution in [0.4, 0.5) is 5.69 Å². The van der Waals surface area contributed by atoms with Crippen LogP contribution >= 0.6 is 34.5 Å². The zero-order chi connectivity index (χ0) is 16.3. The number of carbonyl (C=O) groups excluding carboxylic acids is 2. The first-order chi connectivity index (χ1) is 10.4. The van der Waals surface area contributed by atoms with Gasteiger partial charge in [0.05, 0.1) is 24.7 Å². The minimum Gasteiger partial charge on any atom is -0.454 e. The largest absolute Gasteiger partial charge is 0.454 e. The van der Waals surface area contributed by atoms with Crippen LogP contribution < -0.4 is 0 Å². The standard InChI is InChI=1S/C13H7Cl2NO5S/c14-9-5-7(16(19)20)1-2-8(9)13(18)21-6-10(17)11-3-4-12(15)22-11/h1-5H,6H2. The first-order valence-corrected chi connectivity index (χ1v) is 7.35. The number of thiophene rings is 1. The summed E-state index contributed by atoms with van der Waals surface area (Å²) in [5.41, 5.74) is -0.296. The van der Waals surface area contributed by atoms with Crippen LogP contribution in [-0.2, 0) is 4.74 Å². The van der Waals surface area contributed by atoms with Crippen LogP contribution in [0.1, 0.15) is 20.0 Å². The Morgan fingerprint density at radius 3 is 2.50 bits per heavy atom. The Bertz CT molecular complexity index is 759. The Morgan fingerprint density at radius 2 is 1.95 bits per heavy atom. The molecule has 22 heavy (non-hydrogen) atoms. The van der Waals surface area contributed by atoms with Gasteiger partial charge in [0.2, 0.25) is 5.78 Å². The average Bonchev–Trinajstić information content (AvgIpc) is 2.90. The summed E-state index contributed by atoms with van der Waals surface area (Å²) in [5.74, 6) is -1.24. The van der Waals surface area contributed by atoms with Crippen LogP contribution in [0.2, 0.25) is 9.36 Å². The van der Waals surface area contributed by atoms with Crippen molar-refractivity contribution in [1.29, 1.82) is 0 Å². The van der Waals surface area contributed by atoms with Crippen molar-refractivity contribution in [2.75, 3.05) is 6.61 Å². The molecule has 0 N–H and O–H groups in total. The van der Waals surface area contributed by atoms with Gasteiger partial charge in [-0.3, -0.25) is 14.9 Å². The number of Topliss-reactive ketones (excluding diaryl/α,β-unsaturated/α-hetero) is 1. The van der Waals surface area contributed by atoms with Gasteiger partial charge in [0, 0.05) is 12.1 Å². The maximum absolute atomic E-state index is 11.8. The Balaban J connectivity index is 2.03. The molecular formula is C13H7Cl2NO5S. The average molecular weight is 360 g/mol. The molecule has 0 radical (unpaired) electrons. The smallest absolute Gasteiger partial charge is 0.340 e. The molecule has 0 bridgehead atoms. The number of nitrogens with zero attached hydrogens (tertiary/aromatic N) is 1. The lowest BCUT2D eigenvalue weighted by Gasteiger charge is -2.05. The van der Waals surface area contributed by atoms with Crippen molar-refractivity contribution < 1.29 is 19.2 Å². The third kappa shape index (κ3) is 3.82. The Kier molecular flexibility index (Phi) is 5.12. The second kappa shape index (κ2) is 6.87. The maximum Gasteiger partial charge on any atom is 0.340 e. The molecule has 0 saturated heterocycles. The van der Waals surface area contributed by atoms with Gasteiger partial charge < -0.3 is 4.74 Å². The van der Waals surface area contributed by atoms with Gasteiger partial charge in [0.25, 0.3) is 5.69 Å². The van der Waals surface area contributed by atoms with E-state index in [2.05, 4.69) is 0 Å². The molecule has 0 aliphatic rings. The van der Waals surface area contributed by atoms with Crippen LogP contribution in [0.15, 0.2) is 30.3 Å². The minimum absolute atomic E-state index is 0.0516. The van der Waals surface area contributed by atoms with Gasteiger partial charge in [-0.2, -0.15) is 0 Å². The number of benzene rings is 1. The summed E-state index contributed by atoms with van der Waals surface area (Å²) in [5, 5.41) is 10.5. The van der Waals surface area contributed by atoms with Gasteiger partial charge in [-0.1, -0.05) is 23.2 Å². The van der Waals surface area contributed by atoms with Crippen LogP contribution in [0.25, 0.3) is 0 Å².